The third-order valence-electron chi connectivity index (χ3n) is 0. The molecule has 0 rings (SSSR count). The Bertz CT molecular complexity index is 93.3. The van der Waals surface area contributed by atoms with Crippen molar-refractivity contribution in [2.24, 2.45) is 0 Å². The van der Waals surface area contributed by atoms with Crippen molar-refractivity contribution in [1.29, 1.82) is 0 Å². The third kappa shape index (κ3) is 90.4. The van der Waals surface area contributed by atoms with E-state index in [-0.39, 0.29) is 43.1 Å². The van der Waals surface area contributed by atoms with Crippen molar-refractivity contribution >= 4 is 33.7 Å². The molecule has 0 fully saturated rings. The van der Waals surface area contributed by atoms with Gasteiger partial charge in [-0.3, -0.25) is 9.11 Å². The van der Waals surface area contributed by atoms with E-state index < -0.39 is 9.05 Å². The van der Waals surface area contributed by atoms with Gasteiger partial charge in [0.1, 0.15) is 0 Å². The molecule has 0 aliphatic rings. The normalized spacial score (nSPS) is 8.29. The van der Waals surface area contributed by atoms with Crippen LogP contribution in [0.25, 0.3) is 0 Å². The quantitative estimate of drug-likeness (QED) is 0.224. The zero-order valence-corrected chi connectivity index (χ0v) is 8.09. The van der Waals surface area contributed by atoms with Gasteiger partial charge in [0.15, 0.2) is 0 Å². The van der Waals surface area contributed by atoms with Crippen molar-refractivity contribution in [2.45, 2.75) is 0 Å². The molecule has 0 radical (unpaired) electrons. The summed E-state index contributed by atoms with van der Waals surface area (Å²) in [5, 5.41) is 0. The smallest absolute Gasteiger partial charge is 0.813 e. The average Bonchev–Trinajstić information content (AvgIpc) is 0.722. The van der Waals surface area contributed by atoms with Gasteiger partial charge in [-0.25, -0.2) is 0 Å². The SMILES string of the molecule is O=S(O)(O)=S.[Na+].[SH-]. The molecule has 7 heavy (non-hydrogen) atoms. The molecule has 0 aromatic heterocycles. The van der Waals surface area contributed by atoms with Crippen LogP contribution in [0.1, 0.15) is 0 Å². The predicted molar refractivity (Wildman–Crippen MR) is 29.5 cm³/mol. The zero-order valence-electron chi connectivity index (χ0n) is 3.57. The number of hydrogen-bond donors (Lipinski definition) is 2. The van der Waals surface area contributed by atoms with Crippen molar-refractivity contribution in [3.8, 4) is 0 Å². The molecule has 0 aromatic carbocycles. The van der Waals surface area contributed by atoms with E-state index in [0.29, 0.717) is 0 Å². The molecular weight excluding hydrogens is 167 g/mol. The number of rotatable bonds is 0. The van der Waals surface area contributed by atoms with Crippen LogP contribution < -0.4 is 29.6 Å². The Hall–Kier alpha value is 1.64. The Labute approximate surface area is 75.9 Å². The molecule has 0 bridgehead atoms. The van der Waals surface area contributed by atoms with Gasteiger partial charge in [-0.2, -0.15) is 4.21 Å². The summed E-state index contributed by atoms with van der Waals surface area (Å²) in [6.45, 7) is 0. The van der Waals surface area contributed by atoms with Crippen molar-refractivity contribution in [1.82, 2.24) is 0 Å². The summed E-state index contributed by atoms with van der Waals surface area (Å²) in [6, 6.07) is 0. The molecule has 40 valence electrons. The largest absolute Gasteiger partial charge is 1.00 e. The fraction of sp³-hybridized carbons (Fsp3) is 0. The molecule has 7 heteroatoms. The first-order valence-corrected chi connectivity index (χ1v) is 3.10. The summed E-state index contributed by atoms with van der Waals surface area (Å²) in [4.78, 5) is 0. The molecular formula is H3NaO3S3. The van der Waals surface area contributed by atoms with Crippen LogP contribution in [0.15, 0.2) is 0 Å². The van der Waals surface area contributed by atoms with Gasteiger partial charge < -0.3 is 13.5 Å². The van der Waals surface area contributed by atoms with Crippen molar-refractivity contribution in [3.05, 3.63) is 0 Å². The van der Waals surface area contributed by atoms with Crippen LogP contribution >= 0.6 is 0 Å². The summed E-state index contributed by atoms with van der Waals surface area (Å²) in [5.41, 5.74) is 0. The minimum atomic E-state index is -3.83. The molecule has 0 unspecified atom stereocenters. The first kappa shape index (κ1) is 15.9. The summed E-state index contributed by atoms with van der Waals surface area (Å²) in [5.74, 6) is 0. The van der Waals surface area contributed by atoms with Gasteiger partial charge in [0.05, 0.1) is 0 Å². The van der Waals surface area contributed by atoms with Crippen LogP contribution in [0.2, 0.25) is 0 Å². The first-order chi connectivity index (χ1) is 2.00. The average molecular weight is 170 g/mol. The maximum atomic E-state index is 9.11. The molecule has 0 aliphatic heterocycles. The zero-order chi connectivity index (χ0) is 4.50. The standard InChI is InChI=1S/Na.H2O3S2.H2S/c;1-5(2,3)4;/h;(H2,1,2,3,4);1H2/q+1;;/p-1. The van der Waals surface area contributed by atoms with Gasteiger partial charge in [-0.1, -0.05) is 0 Å². The van der Waals surface area contributed by atoms with Crippen molar-refractivity contribution < 1.29 is 42.9 Å². The number of thiol groups is 1. The molecule has 0 aliphatic carbocycles. The maximum absolute atomic E-state index is 9.11. The van der Waals surface area contributed by atoms with E-state index in [1.165, 1.54) is 0 Å². The molecule has 0 aromatic rings. The van der Waals surface area contributed by atoms with E-state index in [1.54, 1.807) is 0 Å². The maximum Gasteiger partial charge on any atom is 1.00 e. The van der Waals surface area contributed by atoms with Crippen LogP contribution in [0.3, 0.4) is 0 Å². The van der Waals surface area contributed by atoms with Crippen LogP contribution in [-0.4, -0.2) is 13.3 Å². The third-order valence-corrected chi connectivity index (χ3v) is 0. The molecule has 0 saturated heterocycles. The topological polar surface area (TPSA) is 57.5 Å². The van der Waals surface area contributed by atoms with Gasteiger partial charge in [0.25, 0.3) is 9.05 Å². The second kappa shape index (κ2) is 5.77. The van der Waals surface area contributed by atoms with Crippen molar-refractivity contribution in [3.63, 3.8) is 0 Å². The molecule has 3 nitrogen and oxygen atoms in total. The molecule has 0 amide bonds. The van der Waals surface area contributed by atoms with Crippen LogP contribution in [0.4, 0.5) is 0 Å². The second-order valence-electron chi connectivity index (χ2n) is 0.448. The van der Waals surface area contributed by atoms with E-state index in [2.05, 4.69) is 11.2 Å². The van der Waals surface area contributed by atoms with Gasteiger partial charge in [-0.05, 0) is 0 Å². The van der Waals surface area contributed by atoms with Crippen molar-refractivity contribution in [2.75, 3.05) is 0 Å². The minimum Gasteiger partial charge on any atom is -0.813 e. The Kier molecular flexibility index (Phi) is 13.1. The molecule has 0 saturated carbocycles. The fourth-order valence-electron chi connectivity index (χ4n) is 0. The van der Waals surface area contributed by atoms with Crippen LogP contribution in [0.5, 0.6) is 0 Å². The summed E-state index contributed by atoms with van der Waals surface area (Å²) in [6.07, 6.45) is 0. The summed E-state index contributed by atoms with van der Waals surface area (Å²) >= 11 is 3.47. The van der Waals surface area contributed by atoms with Gasteiger partial charge in [0.2, 0.25) is 0 Å². The monoisotopic (exact) mass is 170 g/mol. The molecule has 0 spiro atoms. The molecule has 0 heterocycles. The summed E-state index contributed by atoms with van der Waals surface area (Å²) < 4.78 is 24.0. The minimum absolute atomic E-state index is 0. The fourth-order valence-corrected chi connectivity index (χ4v) is 0. The molecule has 0 atom stereocenters. The second-order valence-corrected chi connectivity index (χ2v) is 2.65. The predicted octanol–water partition coefficient (Wildman–Crippen LogP) is -3.59. The van der Waals surface area contributed by atoms with Gasteiger partial charge in [0, 0.05) is 11.2 Å². The van der Waals surface area contributed by atoms with Crippen LogP contribution in [0, 0.1) is 0 Å². The van der Waals surface area contributed by atoms with E-state index in [0.717, 1.165) is 0 Å². The Balaban J connectivity index is -0.0000000800. The molecule has 2 N–H and O–H groups in total. The van der Waals surface area contributed by atoms with E-state index in [4.69, 9.17) is 13.3 Å². The summed E-state index contributed by atoms with van der Waals surface area (Å²) in [7, 11) is -3.83. The van der Waals surface area contributed by atoms with Gasteiger partial charge in [-0.15, -0.1) is 0 Å². The van der Waals surface area contributed by atoms with Gasteiger partial charge >= 0.3 is 29.6 Å². The van der Waals surface area contributed by atoms with E-state index >= 15 is 0 Å². The Morgan fingerprint density at radius 3 is 1.43 bits per heavy atom. The first-order valence-electron chi connectivity index (χ1n) is 0.698. The van der Waals surface area contributed by atoms with E-state index in [1.807, 2.05) is 0 Å². The Morgan fingerprint density at radius 1 is 1.43 bits per heavy atom. The van der Waals surface area contributed by atoms with Crippen LogP contribution in [-0.2, 0) is 33.7 Å². The Morgan fingerprint density at radius 2 is 1.43 bits per heavy atom. The van der Waals surface area contributed by atoms with E-state index in [9.17, 15) is 0 Å². The number of hydrogen-bond acceptors (Lipinski definition) is 3.